The summed E-state index contributed by atoms with van der Waals surface area (Å²) in [4.78, 5) is 0. The number of ether oxygens (including phenoxy) is 1. The minimum atomic E-state index is 0.0426. The molecule has 0 aliphatic rings. The van der Waals surface area contributed by atoms with E-state index in [4.69, 9.17) is 9.84 Å². The normalized spacial score (nSPS) is 12.0. The molecule has 0 aliphatic carbocycles. The van der Waals surface area contributed by atoms with Crippen molar-refractivity contribution in [3.63, 3.8) is 0 Å². The summed E-state index contributed by atoms with van der Waals surface area (Å²) in [6.07, 6.45) is 6.83. The van der Waals surface area contributed by atoms with E-state index in [2.05, 4.69) is 20.8 Å². The second-order valence-corrected chi connectivity index (χ2v) is 4.01. The molecule has 86 valence electrons. The van der Waals surface area contributed by atoms with E-state index >= 15 is 0 Å². The van der Waals surface area contributed by atoms with Gasteiger partial charge in [-0.3, -0.25) is 0 Å². The molecule has 0 unspecified atom stereocenters. The molecule has 0 amide bonds. The summed E-state index contributed by atoms with van der Waals surface area (Å²) >= 11 is 0. The second-order valence-electron chi connectivity index (χ2n) is 4.01. The molecule has 2 nitrogen and oxygen atoms in total. The maximum absolute atomic E-state index is 8.81. The summed E-state index contributed by atoms with van der Waals surface area (Å²) in [6.45, 7) is 7.21. The Hall–Kier alpha value is -0.0800. The number of aliphatic hydroxyl groups is 1. The van der Waals surface area contributed by atoms with Crippen LogP contribution in [0.15, 0.2) is 0 Å². The van der Waals surface area contributed by atoms with Crippen molar-refractivity contribution in [3.05, 3.63) is 0 Å². The highest BCUT2D eigenvalue weighted by molar-refractivity contribution is 4.79. The molecule has 0 spiro atoms. The lowest BCUT2D eigenvalue weighted by Gasteiger charge is -2.33. The monoisotopic (exact) mass is 202 g/mol. The van der Waals surface area contributed by atoms with E-state index in [0.29, 0.717) is 6.61 Å². The van der Waals surface area contributed by atoms with Gasteiger partial charge in [0.25, 0.3) is 0 Å². The van der Waals surface area contributed by atoms with E-state index in [1.807, 2.05) is 0 Å². The van der Waals surface area contributed by atoms with Gasteiger partial charge in [0, 0.05) is 0 Å². The zero-order valence-electron chi connectivity index (χ0n) is 10.0. The summed E-state index contributed by atoms with van der Waals surface area (Å²) in [5.41, 5.74) is 0.0426. The topological polar surface area (TPSA) is 29.5 Å². The lowest BCUT2D eigenvalue weighted by atomic mass is 9.88. The van der Waals surface area contributed by atoms with Crippen molar-refractivity contribution in [3.8, 4) is 0 Å². The zero-order chi connectivity index (χ0) is 10.9. The van der Waals surface area contributed by atoms with Crippen LogP contribution in [0.2, 0.25) is 0 Å². The second kappa shape index (κ2) is 8.25. The zero-order valence-corrected chi connectivity index (χ0v) is 10.0. The van der Waals surface area contributed by atoms with Gasteiger partial charge in [0.2, 0.25) is 0 Å². The van der Waals surface area contributed by atoms with Gasteiger partial charge < -0.3 is 9.84 Å². The first-order valence-corrected chi connectivity index (χ1v) is 5.99. The van der Waals surface area contributed by atoms with Crippen LogP contribution in [-0.2, 0) is 4.74 Å². The number of hydrogen-bond donors (Lipinski definition) is 1. The first-order valence-electron chi connectivity index (χ1n) is 5.99. The summed E-state index contributed by atoms with van der Waals surface area (Å²) in [7, 11) is 0. The minimum Gasteiger partial charge on any atom is -0.394 e. The van der Waals surface area contributed by atoms with Crippen LogP contribution in [0, 0.1) is 0 Å². The number of hydrogen-bond acceptors (Lipinski definition) is 2. The van der Waals surface area contributed by atoms with Gasteiger partial charge in [0.15, 0.2) is 0 Å². The first kappa shape index (κ1) is 13.9. The molecule has 0 saturated carbocycles. The fraction of sp³-hybridized carbons (Fsp3) is 1.00. The molecule has 0 rings (SSSR count). The molecule has 2 heteroatoms. The molecular weight excluding hydrogens is 176 g/mol. The van der Waals surface area contributed by atoms with Crippen LogP contribution < -0.4 is 0 Å². The average molecular weight is 202 g/mol. The minimum absolute atomic E-state index is 0.0426. The van der Waals surface area contributed by atoms with Crippen LogP contribution in [-0.4, -0.2) is 23.9 Å². The highest BCUT2D eigenvalue weighted by atomic mass is 16.5. The Bertz CT molecular complexity index is 106. The van der Waals surface area contributed by atoms with E-state index < -0.39 is 0 Å². The molecule has 0 bridgehead atoms. The van der Waals surface area contributed by atoms with E-state index in [9.17, 15) is 0 Å². The van der Waals surface area contributed by atoms with Crippen LogP contribution in [0.5, 0.6) is 0 Å². The summed E-state index contributed by atoms with van der Waals surface area (Å²) in [6, 6.07) is 0. The van der Waals surface area contributed by atoms with Crippen molar-refractivity contribution >= 4 is 0 Å². The molecule has 0 fully saturated rings. The van der Waals surface area contributed by atoms with Crippen LogP contribution in [0.1, 0.15) is 59.3 Å². The van der Waals surface area contributed by atoms with Crippen molar-refractivity contribution in [1.29, 1.82) is 0 Å². The fourth-order valence-electron chi connectivity index (χ4n) is 2.22. The molecule has 0 aromatic rings. The van der Waals surface area contributed by atoms with E-state index in [1.165, 1.54) is 0 Å². The molecule has 0 aromatic carbocycles. The summed E-state index contributed by atoms with van der Waals surface area (Å²) in [5.74, 6) is 0. The van der Waals surface area contributed by atoms with Crippen molar-refractivity contribution < 1.29 is 9.84 Å². The number of rotatable bonds is 9. The third-order valence-electron chi connectivity index (χ3n) is 2.62. The number of aliphatic hydroxyl groups excluding tert-OH is 1. The highest BCUT2D eigenvalue weighted by Gasteiger charge is 2.27. The fourth-order valence-corrected chi connectivity index (χ4v) is 2.22. The highest BCUT2D eigenvalue weighted by Crippen LogP contribution is 2.29. The van der Waals surface area contributed by atoms with Crippen molar-refractivity contribution in [2.75, 3.05) is 13.2 Å². The van der Waals surface area contributed by atoms with E-state index in [1.54, 1.807) is 0 Å². The Kier molecular flexibility index (Phi) is 8.20. The van der Waals surface area contributed by atoms with Crippen molar-refractivity contribution in [2.24, 2.45) is 0 Å². The van der Waals surface area contributed by atoms with Crippen LogP contribution in [0.3, 0.4) is 0 Å². The van der Waals surface area contributed by atoms with Gasteiger partial charge in [-0.1, -0.05) is 40.0 Å². The molecular formula is C12H26O2. The average Bonchev–Trinajstić information content (AvgIpc) is 2.16. The Morgan fingerprint density at radius 1 is 0.929 bits per heavy atom. The van der Waals surface area contributed by atoms with E-state index in [0.717, 1.165) is 38.5 Å². The largest absolute Gasteiger partial charge is 0.394 e. The Balaban J connectivity index is 4.21. The maximum Gasteiger partial charge on any atom is 0.0705 e. The molecule has 1 N–H and O–H groups in total. The molecule has 0 atom stereocenters. The molecule has 0 aromatic heterocycles. The molecule has 0 radical (unpaired) electrons. The lowest BCUT2D eigenvalue weighted by Crippen LogP contribution is -2.33. The Morgan fingerprint density at radius 3 is 1.64 bits per heavy atom. The van der Waals surface area contributed by atoms with Crippen LogP contribution in [0.4, 0.5) is 0 Å². The van der Waals surface area contributed by atoms with Gasteiger partial charge >= 0.3 is 0 Å². The van der Waals surface area contributed by atoms with Crippen molar-refractivity contribution in [1.82, 2.24) is 0 Å². The van der Waals surface area contributed by atoms with E-state index in [-0.39, 0.29) is 12.2 Å². The Labute approximate surface area is 88.7 Å². The quantitative estimate of drug-likeness (QED) is 0.622. The smallest absolute Gasteiger partial charge is 0.0705 e. The van der Waals surface area contributed by atoms with Gasteiger partial charge in [-0.15, -0.1) is 0 Å². The van der Waals surface area contributed by atoms with Crippen LogP contribution >= 0.6 is 0 Å². The maximum atomic E-state index is 8.81. The van der Waals surface area contributed by atoms with Gasteiger partial charge in [-0.05, 0) is 19.3 Å². The first-order chi connectivity index (χ1) is 6.74. The molecule has 0 heterocycles. The third-order valence-corrected chi connectivity index (χ3v) is 2.62. The van der Waals surface area contributed by atoms with Gasteiger partial charge in [0.1, 0.15) is 0 Å². The molecule has 0 saturated heterocycles. The Morgan fingerprint density at radius 2 is 1.36 bits per heavy atom. The molecule has 14 heavy (non-hydrogen) atoms. The summed E-state index contributed by atoms with van der Waals surface area (Å²) < 4.78 is 5.85. The predicted molar refractivity (Wildman–Crippen MR) is 60.5 cm³/mol. The van der Waals surface area contributed by atoms with Gasteiger partial charge in [-0.25, -0.2) is 0 Å². The van der Waals surface area contributed by atoms with Gasteiger partial charge in [0.05, 0.1) is 18.8 Å². The van der Waals surface area contributed by atoms with Gasteiger partial charge in [-0.2, -0.15) is 0 Å². The third kappa shape index (κ3) is 4.97. The lowest BCUT2D eigenvalue weighted by molar-refractivity contribution is -0.0756. The molecule has 0 aliphatic heterocycles. The SMILES string of the molecule is CCCC(CCC)(CCC)OCCO. The summed E-state index contributed by atoms with van der Waals surface area (Å²) in [5, 5.41) is 8.81. The van der Waals surface area contributed by atoms with Crippen LogP contribution in [0.25, 0.3) is 0 Å². The van der Waals surface area contributed by atoms with Crippen molar-refractivity contribution in [2.45, 2.75) is 64.9 Å². The predicted octanol–water partition coefficient (Wildman–Crippen LogP) is 3.13. The standard InChI is InChI=1S/C12H26O2/c1-4-7-12(8-5-2,9-6-3)14-11-10-13/h13H,4-11H2,1-3H3.